The molecular formula is C6H6BNO. The van der Waals surface area contributed by atoms with E-state index in [-0.39, 0.29) is 5.56 Å². The molecule has 0 spiro atoms. The molecule has 0 fully saturated rings. The fourth-order valence-corrected chi connectivity index (χ4v) is 0.564. The summed E-state index contributed by atoms with van der Waals surface area (Å²) in [5.74, 6) is 0. The van der Waals surface area contributed by atoms with Gasteiger partial charge in [0.05, 0.1) is 0 Å². The molecule has 0 bridgehead atoms. The zero-order valence-corrected chi connectivity index (χ0v) is 5.16. The minimum atomic E-state index is -0.0741. The Morgan fingerprint density at radius 1 is 1.67 bits per heavy atom. The number of pyridine rings is 1. The van der Waals surface area contributed by atoms with Crippen molar-refractivity contribution >= 4 is 13.3 Å². The van der Waals surface area contributed by atoms with E-state index in [4.69, 9.17) is 7.85 Å². The van der Waals surface area contributed by atoms with Crippen LogP contribution in [-0.4, -0.2) is 12.4 Å². The van der Waals surface area contributed by atoms with Gasteiger partial charge in [-0.2, -0.15) is 0 Å². The molecule has 0 aliphatic heterocycles. The number of aromatic nitrogens is 1. The first-order valence-corrected chi connectivity index (χ1v) is 2.62. The summed E-state index contributed by atoms with van der Waals surface area (Å²) in [6.07, 6.45) is 1.64. The van der Waals surface area contributed by atoms with Crippen molar-refractivity contribution in [1.29, 1.82) is 0 Å². The maximum absolute atomic E-state index is 10.7. The molecule has 9 heavy (non-hydrogen) atoms. The Bertz CT molecular complexity index is 266. The van der Waals surface area contributed by atoms with Gasteiger partial charge in [0.2, 0.25) is 5.56 Å². The molecule has 1 aromatic rings. The largest absolute Gasteiger partial charge is 0.319 e. The third-order valence-electron chi connectivity index (χ3n) is 1.13. The molecule has 0 saturated heterocycles. The van der Waals surface area contributed by atoms with Crippen molar-refractivity contribution in [2.24, 2.45) is 7.05 Å². The molecule has 1 rings (SSSR count). The maximum Gasteiger partial charge on any atom is 0.249 e. The van der Waals surface area contributed by atoms with E-state index < -0.39 is 0 Å². The molecule has 1 heterocycles. The van der Waals surface area contributed by atoms with E-state index in [0.29, 0.717) is 5.46 Å². The van der Waals surface area contributed by atoms with Crippen molar-refractivity contribution in [2.75, 3.05) is 0 Å². The lowest BCUT2D eigenvalue weighted by atomic mass is 9.98. The summed E-state index contributed by atoms with van der Waals surface area (Å²) in [4.78, 5) is 10.7. The fraction of sp³-hybridized carbons (Fsp3) is 0.167. The van der Waals surface area contributed by atoms with Crippen LogP contribution >= 0.6 is 0 Å². The van der Waals surface area contributed by atoms with Crippen molar-refractivity contribution < 1.29 is 0 Å². The van der Waals surface area contributed by atoms with Crippen molar-refractivity contribution in [3.05, 3.63) is 28.7 Å². The van der Waals surface area contributed by atoms with E-state index in [0.717, 1.165) is 0 Å². The SMILES string of the molecule is [B]c1ccn(C)c(=O)c1. The van der Waals surface area contributed by atoms with Gasteiger partial charge >= 0.3 is 0 Å². The van der Waals surface area contributed by atoms with Crippen LogP contribution in [0.1, 0.15) is 0 Å². The smallest absolute Gasteiger partial charge is 0.249 e. The second kappa shape index (κ2) is 2.09. The van der Waals surface area contributed by atoms with Crippen LogP contribution in [0, 0.1) is 0 Å². The highest BCUT2D eigenvalue weighted by Gasteiger charge is 1.86. The Kier molecular flexibility index (Phi) is 1.43. The Balaban J connectivity index is 3.34. The lowest BCUT2D eigenvalue weighted by Crippen LogP contribution is -2.20. The zero-order valence-electron chi connectivity index (χ0n) is 5.16. The zero-order chi connectivity index (χ0) is 6.85. The maximum atomic E-state index is 10.7. The van der Waals surface area contributed by atoms with E-state index in [1.54, 1.807) is 19.3 Å². The molecule has 0 atom stereocenters. The Morgan fingerprint density at radius 2 is 2.33 bits per heavy atom. The molecule has 0 saturated carbocycles. The minimum absolute atomic E-state index is 0.0741. The van der Waals surface area contributed by atoms with Crippen molar-refractivity contribution in [2.45, 2.75) is 0 Å². The summed E-state index contributed by atoms with van der Waals surface area (Å²) in [7, 11) is 7.00. The molecule has 1 aromatic heterocycles. The number of hydrogen-bond donors (Lipinski definition) is 0. The molecular weight excluding hydrogens is 113 g/mol. The third-order valence-corrected chi connectivity index (χ3v) is 1.13. The van der Waals surface area contributed by atoms with Crippen LogP contribution in [0.5, 0.6) is 0 Å². The summed E-state index contributed by atoms with van der Waals surface area (Å²) < 4.78 is 1.47. The minimum Gasteiger partial charge on any atom is -0.319 e. The van der Waals surface area contributed by atoms with Gasteiger partial charge in [-0.05, 0) is 6.07 Å². The Hall–Kier alpha value is -0.985. The van der Waals surface area contributed by atoms with E-state index in [1.165, 1.54) is 10.6 Å². The molecule has 0 amide bonds. The molecule has 3 heteroatoms. The van der Waals surface area contributed by atoms with E-state index in [9.17, 15) is 4.79 Å². The summed E-state index contributed by atoms with van der Waals surface area (Å²) in [5.41, 5.74) is 0.438. The molecule has 0 aliphatic rings. The Labute approximate surface area is 54.5 Å². The summed E-state index contributed by atoms with van der Waals surface area (Å²) >= 11 is 0. The molecule has 2 radical (unpaired) electrons. The second-order valence-corrected chi connectivity index (χ2v) is 1.91. The number of hydrogen-bond acceptors (Lipinski definition) is 1. The van der Waals surface area contributed by atoms with E-state index >= 15 is 0 Å². The van der Waals surface area contributed by atoms with Crippen molar-refractivity contribution in [3.63, 3.8) is 0 Å². The van der Waals surface area contributed by atoms with Crippen LogP contribution in [-0.2, 0) is 7.05 Å². The molecule has 0 aromatic carbocycles. The van der Waals surface area contributed by atoms with Crippen LogP contribution in [0.15, 0.2) is 23.1 Å². The lowest BCUT2D eigenvalue weighted by Gasteiger charge is -1.94. The predicted molar refractivity (Wildman–Crippen MR) is 37.1 cm³/mol. The number of rotatable bonds is 0. The van der Waals surface area contributed by atoms with Gasteiger partial charge in [0.15, 0.2) is 0 Å². The first-order valence-electron chi connectivity index (χ1n) is 2.62. The van der Waals surface area contributed by atoms with Gasteiger partial charge in [0, 0.05) is 13.2 Å². The van der Waals surface area contributed by atoms with Gasteiger partial charge in [-0.25, -0.2) is 0 Å². The van der Waals surface area contributed by atoms with Gasteiger partial charge in [0.25, 0.3) is 0 Å². The average molecular weight is 119 g/mol. The van der Waals surface area contributed by atoms with Gasteiger partial charge in [-0.1, -0.05) is 11.5 Å². The standard InChI is InChI=1S/C6H6BNO/c1-8-3-2-5(7)4-6(8)9/h2-4H,1H3. The first kappa shape index (κ1) is 6.14. The first-order chi connectivity index (χ1) is 4.20. The van der Waals surface area contributed by atoms with Crippen LogP contribution < -0.4 is 11.0 Å². The molecule has 2 nitrogen and oxygen atoms in total. The normalized spacial score (nSPS) is 9.44. The van der Waals surface area contributed by atoms with Gasteiger partial charge in [-0.15, -0.1) is 0 Å². The monoisotopic (exact) mass is 119 g/mol. The average Bonchev–Trinajstić information content (AvgIpc) is 1.80. The van der Waals surface area contributed by atoms with E-state index in [2.05, 4.69) is 0 Å². The molecule has 0 N–H and O–H groups in total. The summed E-state index contributed by atoms with van der Waals surface area (Å²) in [6.45, 7) is 0. The van der Waals surface area contributed by atoms with Crippen LogP contribution in [0.4, 0.5) is 0 Å². The van der Waals surface area contributed by atoms with Crippen LogP contribution in [0.2, 0.25) is 0 Å². The van der Waals surface area contributed by atoms with Gasteiger partial charge in [-0.3, -0.25) is 4.79 Å². The van der Waals surface area contributed by atoms with Crippen LogP contribution in [0.25, 0.3) is 0 Å². The third kappa shape index (κ3) is 1.22. The Morgan fingerprint density at radius 3 is 2.78 bits per heavy atom. The quantitative estimate of drug-likeness (QED) is 0.409. The van der Waals surface area contributed by atoms with E-state index in [1.807, 2.05) is 0 Å². The predicted octanol–water partition coefficient (Wildman–Crippen LogP) is -0.821. The number of nitrogens with zero attached hydrogens (tertiary/aromatic N) is 1. The highest BCUT2D eigenvalue weighted by molar-refractivity contribution is 6.32. The fourth-order valence-electron chi connectivity index (χ4n) is 0.564. The van der Waals surface area contributed by atoms with Crippen molar-refractivity contribution in [3.8, 4) is 0 Å². The molecule has 0 aliphatic carbocycles. The topological polar surface area (TPSA) is 22.0 Å². The van der Waals surface area contributed by atoms with Gasteiger partial charge in [0.1, 0.15) is 7.85 Å². The lowest BCUT2D eigenvalue weighted by molar-refractivity contribution is 0.863. The summed E-state index contributed by atoms with van der Waals surface area (Å²) in [6, 6.07) is 3.07. The second-order valence-electron chi connectivity index (χ2n) is 1.91. The van der Waals surface area contributed by atoms with Gasteiger partial charge < -0.3 is 4.57 Å². The highest BCUT2D eigenvalue weighted by Crippen LogP contribution is 1.69. The van der Waals surface area contributed by atoms with Crippen LogP contribution in [0.3, 0.4) is 0 Å². The molecule has 44 valence electrons. The molecule has 0 unspecified atom stereocenters. The highest BCUT2D eigenvalue weighted by atomic mass is 16.1. The number of aryl methyl sites for hydroxylation is 1. The summed E-state index contributed by atoms with van der Waals surface area (Å²) in [5, 5.41) is 0. The van der Waals surface area contributed by atoms with Crippen molar-refractivity contribution in [1.82, 2.24) is 4.57 Å².